The first-order chi connectivity index (χ1) is 3.31. The highest BCUT2D eigenvalue weighted by Gasteiger charge is 1.77. The van der Waals surface area contributed by atoms with E-state index in [4.69, 9.17) is 17.3 Å². The Bertz CT molecular complexity index is 86.1. The quantitative estimate of drug-likeness (QED) is 0.428. The fourth-order valence-corrected chi connectivity index (χ4v) is 0.285. The number of hydrogen-bond donors (Lipinski definition) is 1. The summed E-state index contributed by atoms with van der Waals surface area (Å²) in [4.78, 5) is 0. The molecule has 2 N–H and O–H groups in total. The van der Waals surface area contributed by atoms with Crippen LogP contribution in [0.2, 0.25) is 0 Å². The predicted molar refractivity (Wildman–Crippen MR) is 33.2 cm³/mol. The molecule has 0 aliphatic heterocycles. The van der Waals surface area contributed by atoms with Gasteiger partial charge in [0.1, 0.15) is 0 Å². The topological polar surface area (TPSA) is 26.0 Å². The summed E-state index contributed by atoms with van der Waals surface area (Å²) in [5.41, 5.74) is 5.89. The second kappa shape index (κ2) is 3.75. The zero-order valence-electron chi connectivity index (χ0n) is 4.02. The number of allylic oxidation sites excluding steroid dienone is 3. The van der Waals surface area contributed by atoms with Crippen molar-refractivity contribution >= 4 is 11.6 Å². The van der Waals surface area contributed by atoms with E-state index in [1.54, 1.807) is 12.2 Å². The third-order valence-electron chi connectivity index (χ3n) is 0.486. The lowest BCUT2D eigenvalue weighted by atomic mass is 10.4. The third-order valence-corrected chi connectivity index (χ3v) is 0.795. The van der Waals surface area contributed by atoms with Gasteiger partial charge in [-0.15, -0.1) is 11.6 Å². The van der Waals surface area contributed by atoms with Crippen molar-refractivity contribution in [3.05, 3.63) is 24.4 Å². The Morgan fingerprint density at radius 3 is 2.57 bits per heavy atom. The highest BCUT2D eigenvalue weighted by Crippen LogP contribution is 1.85. The van der Waals surface area contributed by atoms with Crippen LogP contribution in [0.3, 0.4) is 0 Å². The summed E-state index contributed by atoms with van der Waals surface area (Å²) in [6, 6.07) is 0. The first-order valence-corrected chi connectivity index (χ1v) is 2.47. The van der Waals surface area contributed by atoms with Gasteiger partial charge in [0.05, 0.1) is 5.88 Å². The van der Waals surface area contributed by atoms with E-state index in [1.807, 2.05) is 0 Å². The summed E-state index contributed by atoms with van der Waals surface area (Å²) in [6.07, 6.45) is 3.28. The van der Waals surface area contributed by atoms with Crippen molar-refractivity contribution in [3.63, 3.8) is 0 Å². The Labute approximate surface area is 48.5 Å². The van der Waals surface area contributed by atoms with Gasteiger partial charge in [0, 0.05) is 5.70 Å². The molecule has 0 aliphatic carbocycles. The largest absolute Gasteiger partial charge is 0.401 e. The molecule has 0 saturated heterocycles. The van der Waals surface area contributed by atoms with Gasteiger partial charge in [-0.3, -0.25) is 0 Å². The van der Waals surface area contributed by atoms with Crippen LogP contribution >= 0.6 is 11.6 Å². The smallest absolute Gasteiger partial charge is 0.0619 e. The minimum atomic E-state index is 0.381. The summed E-state index contributed by atoms with van der Waals surface area (Å²) in [7, 11) is 0. The predicted octanol–water partition coefficient (Wildman–Crippen LogP) is 1.25. The van der Waals surface area contributed by atoms with Crippen molar-refractivity contribution in [2.75, 3.05) is 5.88 Å². The van der Waals surface area contributed by atoms with E-state index in [1.165, 1.54) is 0 Å². The molecule has 0 fully saturated rings. The Balaban J connectivity index is 3.49. The maximum atomic E-state index is 5.29. The van der Waals surface area contributed by atoms with E-state index in [9.17, 15) is 0 Å². The summed E-state index contributed by atoms with van der Waals surface area (Å²) >= 11 is 5.29. The number of alkyl halides is 1. The van der Waals surface area contributed by atoms with Crippen LogP contribution in [0, 0.1) is 0 Å². The van der Waals surface area contributed by atoms with Crippen LogP contribution in [0.15, 0.2) is 24.4 Å². The molecular formula is C5H8ClN. The van der Waals surface area contributed by atoms with Crippen molar-refractivity contribution < 1.29 is 0 Å². The van der Waals surface area contributed by atoms with Crippen molar-refractivity contribution in [2.24, 2.45) is 5.73 Å². The maximum absolute atomic E-state index is 5.29. The normalized spacial score (nSPS) is 11.3. The monoisotopic (exact) mass is 117 g/mol. The number of rotatable bonds is 2. The van der Waals surface area contributed by atoms with Crippen molar-refractivity contribution in [1.29, 1.82) is 0 Å². The second-order valence-electron chi connectivity index (χ2n) is 1.11. The molecule has 0 spiro atoms. The molecule has 0 atom stereocenters. The molecule has 0 unspecified atom stereocenters. The van der Waals surface area contributed by atoms with Crippen LogP contribution in [-0.4, -0.2) is 5.88 Å². The zero-order valence-corrected chi connectivity index (χ0v) is 4.78. The van der Waals surface area contributed by atoms with E-state index in [-0.39, 0.29) is 0 Å². The fourth-order valence-electron chi connectivity index (χ4n) is 0.196. The van der Waals surface area contributed by atoms with Gasteiger partial charge in [0.2, 0.25) is 0 Å². The van der Waals surface area contributed by atoms with E-state index < -0.39 is 0 Å². The molecule has 40 valence electrons. The van der Waals surface area contributed by atoms with Gasteiger partial charge in [-0.2, -0.15) is 0 Å². The summed E-state index contributed by atoms with van der Waals surface area (Å²) in [5.74, 6) is 0.381. The van der Waals surface area contributed by atoms with Crippen LogP contribution in [0.1, 0.15) is 0 Å². The number of halogens is 1. The number of nitrogens with two attached hydrogens (primary N) is 1. The molecular weight excluding hydrogens is 110 g/mol. The molecule has 0 radical (unpaired) electrons. The van der Waals surface area contributed by atoms with Gasteiger partial charge in [-0.25, -0.2) is 0 Å². The minimum Gasteiger partial charge on any atom is -0.401 e. The Morgan fingerprint density at radius 1 is 1.86 bits per heavy atom. The molecule has 1 nitrogen and oxygen atoms in total. The minimum absolute atomic E-state index is 0.381. The molecule has 0 bridgehead atoms. The first-order valence-electron chi connectivity index (χ1n) is 1.94. The lowest BCUT2D eigenvalue weighted by Crippen LogP contribution is -1.96. The van der Waals surface area contributed by atoms with E-state index in [2.05, 4.69) is 6.58 Å². The van der Waals surface area contributed by atoms with E-state index >= 15 is 0 Å². The molecule has 0 amide bonds. The third kappa shape index (κ3) is 3.40. The Hall–Kier alpha value is -0.430. The van der Waals surface area contributed by atoms with Gasteiger partial charge >= 0.3 is 0 Å². The van der Waals surface area contributed by atoms with E-state index in [0.29, 0.717) is 11.6 Å². The Morgan fingerprint density at radius 2 is 2.43 bits per heavy atom. The first kappa shape index (κ1) is 6.57. The van der Waals surface area contributed by atoms with Crippen molar-refractivity contribution in [1.82, 2.24) is 0 Å². The van der Waals surface area contributed by atoms with Crippen LogP contribution in [0.5, 0.6) is 0 Å². The average Bonchev–Trinajstić information content (AvgIpc) is 1.68. The highest BCUT2D eigenvalue weighted by molar-refractivity contribution is 6.19. The summed E-state index contributed by atoms with van der Waals surface area (Å²) in [5, 5.41) is 0. The molecule has 0 aliphatic rings. The highest BCUT2D eigenvalue weighted by atomic mass is 35.5. The standard InChI is InChI=1S/C5H8ClN/c1-2-3-5(7)4-6/h2-3H,1,4,7H2/b5-3+. The van der Waals surface area contributed by atoms with Crippen LogP contribution in [0.4, 0.5) is 0 Å². The Kier molecular flexibility index (Phi) is 3.52. The molecule has 0 aromatic carbocycles. The molecule has 0 saturated carbocycles. The van der Waals surface area contributed by atoms with Crippen molar-refractivity contribution in [3.8, 4) is 0 Å². The van der Waals surface area contributed by atoms with Gasteiger partial charge < -0.3 is 5.73 Å². The lowest BCUT2D eigenvalue weighted by molar-refractivity contribution is 1.32. The van der Waals surface area contributed by atoms with Crippen LogP contribution < -0.4 is 5.73 Å². The summed E-state index contributed by atoms with van der Waals surface area (Å²) < 4.78 is 0. The molecule has 7 heavy (non-hydrogen) atoms. The molecule has 0 aromatic rings. The SMILES string of the molecule is C=C/C=C(/N)CCl. The molecule has 0 rings (SSSR count). The van der Waals surface area contributed by atoms with Crippen LogP contribution in [0.25, 0.3) is 0 Å². The van der Waals surface area contributed by atoms with Crippen LogP contribution in [-0.2, 0) is 0 Å². The van der Waals surface area contributed by atoms with Gasteiger partial charge in [-0.05, 0) is 6.08 Å². The maximum Gasteiger partial charge on any atom is 0.0619 e. The second-order valence-corrected chi connectivity index (χ2v) is 1.38. The molecule has 2 heteroatoms. The fraction of sp³-hybridized carbons (Fsp3) is 0.200. The average molecular weight is 118 g/mol. The number of hydrogen-bond acceptors (Lipinski definition) is 1. The van der Waals surface area contributed by atoms with E-state index in [0.717, 1.165) is 0 Å². The lowest BCUT2D eigenvalue weighted by Gasteiger charge is -1.85. The zero-order chi connectivity index (χ0) is 5.70. The summed E-state index contributed by atoms with van der Waals surface area (Å²) in [6.45, 7) is 3.43. The van der Waals surface area contributed by atoms with Gasteiger partial charge in [0.25, 0.3) is 0 Å². The van der Waals surface area contributed by atoms with Gasteiger partial charge in [0.15, 0.2) is 0 Å². The molecule has 0 aromatic heterocycles. The van der Waals surface area contributed by atoms with Crippen molar-refractivity contribution in [2.45, 2.75) is 0 Å². The van der Waals surface area contributed by atoms with Gasteiger partial charge in [-0.1, -0.05) is 12.7 Å². The molecule has 0 heterocycles.